The Kier molecular flexibility index (Phi) is 6.74. The average molecular weight is 360 g/mol. The molecule has 0 spiro atoms. The molecule has 1 fully saturated rings. The molecule has 1 aliphatic rings. The molecule has 0 amide bonds. The van der Waals surface area contributed by atoms with Crippen LogP contribution in [0.2, 0.25) is 5.02 Å². The molecule has 1 aliphatic heterocycles. The van der Waals surface area contributed by atoms with Crippen molar-refractivity contribution < 1.29 is 9.47 Å². The van der Waals surface area contributed by atoms with Gasteiger partial charge in [-0.1, -0.05) is 30.7 Å². The standard InChI is InChI=1S/C21H26ClNO2/c1-17(3-2-12-23-13-15-24-16-14-23)18-4-8-20(9-5-18)25-21-10-6-19(22)7-11-21/h4-11,17H,2-3,12-16H2,1H3. The minimum Gasteiger partial charge on any atom is -0.457 e. The number of benzene rings is 2. The van der Waals surface area contributed by atoms with Crippen molar-refractivity contribution in [3.8, 4) is 11.5 Å². The molecule has 3 nitrogen and oxygen atoms in total. The lowest BCUT2D eigenvalue weighted by atomic mass is 9.96. The van der Waals surface area contributed by atoms with Crippen molar-refractivity contribution in [2.45, 2.75) is 25.7 Å². The SMILES string of the molecule is CC(CCCN1CCOCC1)c1ccc(Oc2ccc(Cl)cc2)cc1. The Morgan fingerprint density at radius 1 is 1.00 bits per heavy atom. The van der Waals surface area contributed by atoms with E-state index in [1.165, 1.54) is 24.9 Å². The van der Waals surface area contributed by atoms with Crippen LogP contribution in [-0.2, 0) is 4.74 Å². The highest BCUT2D eigenvalue weighted by Gasteiger charge is 2.11. The lowest BCUT2D eigenvalue weighted by Crippen LogP contribution is -2.36. The monoisotopic (exact) mass is 359 g/mol. The van der Waals surface area contributed by atoms with E-state index in [0.29, 0.717) is 10.9 Å². The molecule has 0 bridgehead atoms. The number of morpholine rings is 1. The fourth-order valence-corrected chi connectivity index (χ4v) is 3.24. The minimum atomic E-state index is 0.561. The van der Waals surface area contributed by atoms with Crippen molar-refractivity contribution >= 4 is 11.6 Å². The van der Waals surface area contributed by atoms with Crippen molar-refractivity contribution in [3.63, 3.8) is 0 Å². The second-order valence-electron chi connectivity index (χ2n) is 6.62. The number of ether oxygens (including phenoxy) is 2. The van der Waals surface area contributed by atoms with Crippen LogP contribution in [0.4, 0.5) is 0 Å². The van der Waals surface area contributed by atoms with Crippen molar-refractivity contribution in [1.82, 2.24) is 4.90 Å². The maximum Gasteiger partial charge on any atom is 0.127 e. The lowest BCUT2D eigenvalue weighted by Gasteiger charge is -2.26. The van der Waals surface area contributed by atoms with Crippen LogP contribution in [-0.4, -0.2) is 37.7 Å². The van der Waals surface area contributed by atoms with Gasteiger partial charge in [0.05, 0.1) is 13.2 Å². The third-order valence-electron chi connectivity index (χ3n) is 4.71. The van der Waals surface area contributed by atoms with Crippen LogP contribution in [0, 0.1) is 0 Å². The molecule has 4 heteroatoms. The maximum absolute atomic E-state index is 5.90. The summed E-state index contributed by atoms with van der Waals surface area (Å²) in [4.78, 5) is 2.50. The van der Waals surface area contributed by atoms with E-state index in [-0.39, 0.29) is 0 Å². The van der Waals surface area contributed by atoms with Gasteiger partial charge in [0.15, 0.2) is 0 Å². The molecule has 1 unspecified atom stereocenters. The number of nitrogens with zero attached hydrogens (tertiary/aromatic N) is 1. The molecule has 3 rings (SSSR count). The Balaban J connectivity index is 1.46. The summed E-state index contributed by atoms with van der Waals surface area (Å²) in [6.07, 6.45) is 2.43. The predicted molar refractivity (Wildman–Crippen MR) is 103 cm³/mol. The Bertz CT molecular complexity index is 636. The van der Waals surface area contributed by atoms with E-state index in [9.17, 15) is 0 Å². The van der Waals surface area contributed by atoms with Gasteiger partial charge in [-0.05, 0) is 67.3 Å². The van der Waals surface area contributed by atoms with Crippen LogP contribution < -0.4 is 4.74 Å². The van der Waals surface area contributed by atoms with Crippen LogP contribution >= 0.6 is 11.6 Å². The zero-order chi connectivity index (χ0) is 17.5. The topological polar surface area (TPSA) is 21.7 Å². The minimum absolute atomic E-state index is 0.561. The zero-order valence-electron chi connectivity index (χ0n) is 14.8. The van der Waals surface area contributed by atoms with Crippen LogP contribution in [0.15, 0.2) is 48.5 Å². The smallest absolute Gasteiger partial charge is 0.127 e. The second-order valence-corrected chi connectivity index (χ2v) is 7.06. The van der Waals surface area contributed by atoms with Gasteiger partial charge >= 0.3 is 0 Å². The van der Waals surface area contributed by atoms with Gasteiger partial charge in [-0.3, -0.25) is 4.90 Å². The second kappa shape index (κ2) is 9.23. The number of hydrogen-bond donors (Lipinski definition) is 0. The van der Waals surface area contributed by atoms with Crippen molar-refractivity contribution in [1.29, 1.82) is 0 Å². The third-order valence-corrected chi connectivity index (χ3v) is 4.97. The molecule has 0 aromatic heterocycles. The van der Waals surface area contributed by atoms with Crippen molar-refractivity contribution in [2.24, 2.45) is 0 Å². The third kappa shape index (κ3) is 5.74. The van der Waals surface area contributed by atoms with Crippen LogP contribution in [0.5, 0.6) is 11.5 Å². The van der Waals surface area contributed by atoms with Crippen LogP contribution in [0.3, 0.4) is 0 Å². The largest absolute Gasteiger partial charge is 0.457 e. The Labute approximate surface area is 155 Å². The summed E-state index contributed by atoms with van der Waals surface area (Å²) in [5, 5.41) is 0.716. The van der Waals surface area contributed by atoms with E-state index < -0.39 is 0 Å². The Morgan fingerprint density at radius 2 is 1.60 bits per heavy atom. The van der Waals surface area contributed by atoms with E-state index in [1.807, 2.05) is 36.4 Å². The molecule has 0 aliphatic carbocycles. The van der Waals surface area contributed by atoms with Gasteiger partial charge in [-0.2, -0.15) is 0 Å². The molecular formula is C21H26ClNO2. The molecule has 25 heavy (non-hydrogen) atoms. The van der Waals surface area contributed by atoms with Crippen LogP contribution in [0.1, 0.15) is 31.2 Å². The summed E-state index contributed by atoms with van der Waals surface area (Å²) in [7, 11) is 0. The van der Waals surface area contributed by atoms with Gasteiger partial charge < -0.3 is 9.47 Å². The van der Waals surface area contributed by atoms with Gasteiger partial charge in [0.1, 0.15) is 11.5 Å². The van der Waals surface area contributed by atoms with Gasteiger partial charge in [0.2, 0.25) is 0 Å². The van der Waals surface area contributed by atoms with E-state index in [0.717, 1.165) is 37.8 Å². The molecule has 0 radical (unpaired) electrons. The summed E-state index contributed by atoms with van der Waals surface area (Å²) in [5.41, 5.74) is 1.37. The van der Waals surface area contributed by atoms with E-state index in [2.05, 4.69) is 24.0 Å². The van der Waals surface area contributed by atoms with Crippen molar-refractivity contribution in [3.05, 3.63) is 59.1 Å². The molecule has 1 saturated heterocycles. The number of hydrogen-bond acceptors (Lipinski definition) is 3. The number of rotatable bonds is 7. The fourth-order valence-electron chi connectivity index (χ4n) is 3.12. The summed E-state index contributed by atoms with van der Waals surface area (Å²) >= 11 is 5.90. The van der Waals surface area contributed by atoms with Crippen LogP contribution in [0.25, 0.3) is 0 Å². The average Bonchev–Trinajstić information content (AvgIpc) is 2.65. The van der Waals surface area contributed by atoms with E-state index in [1.54, 1.807) is 0 Å². The summed E-state index contributed by atoms with van der Waals surface area (Å²) in [6, 6.07) is 15.9. The highest BCUT2D eigenvalue weighted by atomic mass is 35.5. The molecule has 0 saturated carbocycles. The zero-order valence-corrected chi connectivity index (χ0v) is 15.5. The molecule has 0 N–H and O–H groups in total. The van der Waals surface area contributed by atoms with Gasteiger partial charge in [-0.25, -0.2) is 0 Å². The summed E-state index contributed by atoms with van der Waals surface area (Å²) < 4.78 is 11.2. The first-order valence-electron chi connectivity index (χ1n) is 9.04. The molecule has 2 aromatic carbocycles. The first-order chi connectivity index (χ1) is 12.2. The molecule has 1 atom stereocenters. The quantitative estimate of drug-likeness (QED) is 0.665. The highest BCUT2D eigenvalue weighted by molar-refractivity contribution is 6.30. The molecular weight excluding hydrogens is 334 g/mol. The summed E-state index contributed by atoms with van der Waals surface area (Å²) in [6.45, 7) is 7.38. The molecule has 134 valence electrons. The predicted octanol–water partition coefficient (Wildman–Crippen LogP) is 5.35. The van der Waals surface area contributed by atoms with Crippen molar-refractivity contribution in [2.75, 3.05) is 32.8 Å². The first-order valence-corrected chi connectivity index (χ1v) is 9.42. The Hall–Kier alpha value is -1.55. The lowest BCUT2D eigenvalue weighted by molar-refractivity contribution is 0.0370. The van der Waals surface area contributed by atoms with Gasteiger partial charge in [-0.15, -0.1) is 0 Å². The normalized spacial score (nSPS) is 16.6. The molecule has 1 heterocycles. The summed E-state index contributed by atoms with van der Waals surface area (Å²) in [5.74, 6) is 2.22. The van der Waals surface area contributed by atoms with E-state index >= 15 is 0 Å². The first kappa shape index (κ1) is 18.2. The fraction of sp³-hybridized carbons (Fsp3) is 0.429. The van der Waals surface area contributed by atoms with Gasteiger partial charge in [0, 0.05) is 18.1 Å². The number of halogens is 1. The maximum atomic E-state index is 5.90. The molecule has 2 aromatic rings. The van der Waals surface area contributed by atoms with Gasteiger partial charge in [0.25, 0.3) is 0 Å². The van der Waals surface area contributed by atoms with E-state index in [4.69, 9.17) is 21.1 Å². The Morgan fingerprint density at radius 3 is 2.24 bits per heavy atom. The highest BCUT2D eigenvalue weighted by Crippen LogP contribution is 2.26.